The molecule has 2 unspecified atom stereocenters. The molecule has 0 aromatic carbocycles. The number of hydrogen-bond donors (Lipinski definition) is 2. The van der Waals surface area contributed by atoms with Crippen LogP contribution < -0.4 is 10.6 Å². The van der Waals surface area contributed by atoms with Gasteiger partial charge in [0.05, 0.1) is 6.54 Å². The average molecular weight is 249 g/mol. The molecule has 0 radical (unpaired) electrons. The minimum Gasteiger partial charge on any atom is -0.464 e. The van der Waals surface area contributed by atoms with Gasteiger partial charge in [-0.3, -0.25) is 0 Å². The molecule has 18 heavy (non-hydrogen) atoms. The van der Waals surface area contributed by atoms with Crippen molar-refractivity contribution < 1.29 is 9.21 Å². The van der Waals surface area contributed by atoms with Crippen LogP contribution in [0.25, 0.3) is 0 Å². The second-order valence-electron chi connectivity index (χ2n) is 5.15. The largest absolute Gasteiger partial charge is 0.464 e. The standard InChI is InChI=1S/C13H19N3O2/c1-9-4-5-12(18-9)11-8-16(13(17)15-11)7-10-3-2-6-14-10/h4-5,10-11,14H,2-3,6-8H2,1H3,(H,15,17). The lowest BCUT2D eigenvalue weighted by molar-refractivity contribution is 0.213. The van der Waals surface area contributed by atoms with Gasteiger partial charge in [0, 0.05) is 12.6 Å². The Hall–Kier alpha value is -1.49. The molecule has 0 bridgehead atoms. The van der Waals surface area contributed by atoms with Crippen LogP contribution in [-0.2, 0) is 0 Å². The summed E-state index contributed by atoms with van der Waals surface area (Å²) in [5.41, 5.74) is 0. The van der Waals surface area contributed by atoms with Gasteiger partial charge in [-0.1, -0.05) is 0 Å². The van der Waals surface area contributed by atoms with Crippen molar-refractivity contribution in [2.75, 3.05) is 19.6 Å². The summed E-state index contributed by atoms with van der Waals surface area (Å²) in [4.78, 5) is 13.8. The van der Waals surface area contributed by atoms with Gasteiger partial charge in [0.15, 0.2) is 0 Å². The molecule has 2 saturated heterocycles. The Morgan fingerprint density at radius 3 is 3.06 bits per heavy atom. The first-order valence-corrected chi connectivity index (χ1v) is 6.57. The van der Waals surface area contributed by atoms with E-state index < -0.39 is 0 Å². The van der Waals surface area contributed by atoms with E-state index in [1.807, 2.05) is 24.0 Å². The Bertz CT molecular complexity index is 437. The number of furan rings is 1. The van der Waals surface area contributed by atoms with E-state index in [1.54, 1.807) is 0 Å². The van der Waals surface area contributed by atoms with Crippen LogP contribution in [-0.4, -0.2) is 36.6 Å². The number of carbonyl (C=O) groups is 1. The normalized spacial score (nSPS) is 27.8. The Labute approximate surface area is 107 Å². The highest BCUT2D eigenvalue weighted by Crippen LogP contribution is 2.22. The number of amides is 2. The van der Waals surface area contributed by atoms with Gasteiger partial charge in [0.1, 0.15) is 17.6 Å². The maximum Gasteiger partial charge on any atom is 0.318 e. The van der Waals surface area contributed by atoms with Crippen molar-refractivity contribution in [3.8, 4) is 0 Å². The van der Waals surface area contributed by atoms with Gasteiger partial charge in [-0.05, 0) is 38.4 Å². The summed E-state index contributed by atoms with van der Waals surface area (Å²) in [6.07, 6.45) is 2.37. The molecule has 0 saturated carbocycles. The van der Waals surface area contributed by atoms with E-state index in [2.05, 4.69) is 10.6 Å². The molecule has 1 aromatic rings. The minimum atomic E-state index is -0.00685. The van der Waals surface area contributed by atoms with Crippen LogP contribution in [0, 0.1) is 6.92 Å². The smallest absolute Gasteiger partial charge is 0.318 e. The maximum atomic E-state index is 11.9. The molecule has 98 valence electrons. The fourth-order valence-electron chi connectivity index (χ4n) is 2.73. The molecule has 2 aliphatic heterocycles. The van der Waals surface area contributed by atoms with Crippen molar-refractivity contribution in [3.05, 3.63) is 23.7 Å². The van der Waals surface area contributed by atoms with Crippen LogP contribution in [0.1, 0.15) is 30.4 Å². The molecule has 2 amide bonds. The first kappa shape index (κ1) is 11.6. The topological polar surface area (TPSA) is 57.5 Å². The molecule has 3 rings (SSSR count). The summed E-state index contributed by atoms with van der Waals surface area (Å²) in [7, 11) is 0. The summed E-state index contributed by atoms with van der Waals surface area (Å²) in [5, 5.41) is 6.39. The van der Waals surface area contributed by atoms with Crippen LogP contribution in [0.5, 0.6) is 0 Å². The van der Waals surface area contributed by atoms with Crippen molar-refractivity contribution in [1.29, 1.82) is 0 Å². The molecule has 5 nitrogen and oxygen atoms in total. The molecule has 3 heterocycles. The second kappa shape index (κ2) is 4.65. The first-order valence-electron chi connectivity index (χ1n) is 6.57. The van der Waals surface area contributed by atoms with Crippen LogP contribution in [0.3, 0.4) is 0 Å². The van der Waals surface area contributed by atoms with Gasteiger partial charge < -0.3 is 20.0 Å². The van der Waals surface area contributed by atoms with E-state index in [4.69, 9.17) is 4.42 Å². The number of carbonyl (C=O) groups excluding carboxylic acids is 1. The van der Waals surface area contributed by atoms with Gasteiger partial charge >= 0.3 is 6.03 Å². The lowest BCUT2D eigenvalue weighted by Gasteiger charge is -2.19. The van der Waals surface area contributed by atoms with Crippen LogP contribution in [0.15, 0.2) is 16.5 Å². The highest BCUT2D eigenvalue weighted by molar-refractivity contribution is 5.77. The molecular weight excluding hydrogens is 230 g/mol. The molecule has 2 aliphatic rings. The fourth-order valence-corrected chi connectivity index (χ4v) is 2.73. The molecule has 0 spiro atoms. The Morgan fingerprint density at radius 1 is 1.50 bits per heavy atom. The number of urea groups is 1. The van der Waals surface area contributed by atoms with Gasteiger partial charge in [0.2, 0.25) is 0 Å². The third-order valence-electron chi connectivity index (χ3n) is 3.70. The molecule has 2 fully saturated rings. The number of aryl methyl sites for hydroxylation is 1. The Balaban J connectivity index is 1.62. The number of rotatable bonds is 3. The van der Waals surface area contributed by atoms with E-state index >= 15 is 0 Å². The Kier molecular flexibility index (Phi) is 2.99. The van der Waals surface area contributed by atoms with Crippen molar-refractivity contribution in [1.82, 2.24) is 15.5 Å². The zero-order valence-corrected chi connectivity index (χ0v) is 10.6. The third kappa shape index (κ3) is 2.22. The highest BCUT2D eigenvalue weighted by atomic mass is 16.3. The maximum absolute atomic E-state index is 11.9. The van der Waals surface area contributed by atoms with E-state index in [0.717, 1.165) is 31.0 Å². The molecule has 0 aliphatic carbocycles. The quantitative estimate of drug-likeness (QED) is 0.851. The fraction of sp³-hybridized carbons (Fsp3) is 0.615. The van der Waals surface area contributed by atoms with Crippen molar-refractivity contribution in [2.24, 2.45) is 0 Å². The minimum absolute atomic E-state index is 0.00685. The van der Waals surface area contributed by atoms with Crippen molar-refractivity contribution in [3.63, 3.8) is 0 Å². The number of nitrogens with zero attached hydrogens (tertiary/aromatic N) is 1. The summed E-state index contributed by atoms with van der Waals surface area (Å²) >= 11 is 0. The summed E-state index contributed by atoms with van der Waals surface area (Å²) in [6, 6.07) is 4.34. The predicted octanol–water partition coefficient (Wildman–Crippen LogP) is 1.41. The van der Waals surface area contributed by atoms with Crippen LogP contribution in [0.2, 0.25) is 0 Å². The highest BCUT2D eigenvalue weighted by Gasteiger charge is 2.33. The Morgan fingerprint density at radius 2 is 2.39 bits per heavy atom. The monoisotopic (exact) mass is 249 g/mol. The zero-order chi connectivity index (χ0) is 12.5. The first-order chi connectivity index (χ1) is 8.72. The van der Waals surface area contributed by atoms with Crippen molar-refractivity contribution >= 4 is 6.03 Å². The van der Waals surface area contributed by atoms with E-state index in [9.17, 15) is 4.79 Å². The van der Waals surface area contributed by atoms with Gasteiger partial charge in [-0.2, -0.15) is 0 Å². The molecule has 5 heteroatoms. The number of hydrogen-bond acceptors (Lipinski definition) is 3. The van der Waals surface area contributed by atoms with Crippen molar-refractivity contribution in [2.45, 2.75) is 31.8 Å². The summed E-state index contributed by atoms with van der Waals surface area (Å²) in [5.74, 6) is 1.73. The molecule has 2 N–H and O–H groups in total. The predicted molar refractivity (Wildman–Crippen MR) is 67.3 cm³/mol. The van der Waals surface area contributed by atoms with Gasteiger partial charge in [-0.15, -0.1) is 0 Å². The lowest BCUT2D eigenvalue weighted by atomic mass is 10.2. The van der Waals surface area contributed by atoms with E-state index in [1.165, 1.54) is 6.42 Å². The summed E-state index contributed by atoms with van der Waals surface area (Å²) in [6.45, 7) is 4.48. The zero-order valence-electron chi connectivity index (χ0n) is 10.6. The lowest BCUT2D eigenvalue weighted by Crippen LogP contribution is -2.39. The average Bonchev–Trinajstić information content (AvgIpc) is 3.03. The van der Waals surface area contributed by atoms with Crippen LogP contribution >= 0.6 is 0 Å². The van der Waals surface area contributed by atoms with E-state index in [-0.39, 0.29) is 12.1 Å². The third-order valence-corrected chi connectivity index (χ3v) is 3.70. The second-order valence-corrected chi connectivity index (χ2v) is 5.15. The molecule has 1 aromatic heterocycles. The molecule has 2 atom stereocenters. The number of nitrogens with one attached hydrogen (secondary N) is 2. The summed E-state index contributed by atoms with van der Waals surface area (Å²) < 4.78 is 5.58. The van der Waals surface area contributed by atoms with Crippen LogP contribution in [0.4, 0.5) is 4.79 Å². The van der Waals surface area contributed by atoms with Gasteiger partial charge in [-0.25, -0.2) is 4.79 Å². The molecular formula is C13H19N3O2. The van der Waals surface area contributed by atoms with Gasteiger partial charge in [0.25, 0.3) is 0 Å². The SMILES string of the molecule is Cc1ccc(C2CN(CC3CCCN3)C(=O)N2)o1. The van der Waals surface area contributed by atoms with E-state index in [0.29, 0.717) is 12.6 Å².